The van der Waals surface area contributed by atoms with Gasteiger partial charge in [-0.1, -0.05) is 6.07 Å². The Bertz CT molecular complexity index is 1300. The van der Waals surface area contributed by atoms with Crippen LogP contribution in [0.25, 0.3) is 0 Å². The summed E-state index contributed by atoms with van der Waals surface area (Å²) >= 11 is 2.52. The Morgan fingerprint density at radius 2 is 1.08 bits per heavy atom. The van der Waals surface area contributed by atoms with Gasteiger partial charge in [0.1, 0.15) is 21.4 Å². The van der Waals surface area contributed by atoms with Gasteiger partial charge in [-0.2, -0.15) is 0 Å². The summed E-state index contributed by atoms with van der Waals surface area (Å²) in [7, 11) is 0. The fourth-order valence-electron chi connectivity index (χ4n) is 3.49. The second kappa shape index (κ2) is 11.9. The molecule has 0 aliphatic carbocycles. The largest absolute Gasteiger partial charge is 0.459 e. The second-order valence-electron chi connectivity index (χ2n) is 9.20. The molecule has 38 heavy (non-hydrogen) atoms. The molecule has 3 aromatic rings. The van der Waals surface area contributed by atoms with Crippen molar-refractivity contribution in [1.82, 2.24) is 4.98 Å². The molecule has 3 heterocycles. The average Bonchev–Trinajstić information content (AvgIpc) is 3.26. The smallest absolute Gasteiger partial charge is 0.341 e. The number of esters is 2. The second-order valence-corrected chi connectivity index (χ2v) is 11.6. The Hall–Kier alpha value is -3.57. The third kappa shape index (κ3) is 6.46. The van der Waals surface area contributed by atoms with E-state index in [4.69, 9.17) is 9.47 Å². The van der Waals surface area contributed by atoms with Crippen LogP contribution in [0.15, 0.2) is 18.2 Å². The van der Waals surface area contributed by atoms with Crippen molar-refractivity contribution in [2.24, 2.45) is 0 Å². The number of hydrogen-bond acceptors (Lipinski definition) is 9. The zero-order valence-electron chi connectivity index (χ0n) is 22.6. The van der Waals surface area contributed by atoms with Crippen LogP contribution in [-0.2, 0) is 9.47 Å². The van der Waals surface area contributed by atoms with E-state index in [9.17, 15) is 19.2 Å². The minimum absolute atomic E-state index is 0.0116. The van der Waals surface area contributed by atoms with Crippen LogP contribution in [0.4, 0.5) is 10.0 Å². The number of aryl methyl sites for hydroxylation is 2. The number of carbonyl (C=O) groups is 4. The van der Waals surface area contributed by atoms with Gasteiger partial charge in [0.25, 0.3) is 11.8 Å². The maximum absolute atomic E-state index is 13.0. The highest BCUT2D eigenvalue weighted by Gasteiger charge is 2.26. The molecule has 11 heteroatoms. The maximum atomic E-state index is 13.0. The molecule has 3 rings (SSSR count). The summed E-state index contributed by atoms with van der Waals surface area (Å²) in [6, 6.07) is 4.47. The van der Waals surface area contributed by atoms with E-state index in [0.717, 1.165) is 20.9 Å². The summed E-state index contributed by atoms with van der Waals surface area (Å²) in [5.74, 6) is -2.20. The lowest BCUT2D eigenvalue weighted by Crippen LogP contribution is -2.20. The van der Waals surface area contributed by atoms with Crippen LogP contribution in [0.5, 0.6) is 0 Å². The van der Waals surface area contributed by atoms with E-state index in [1.807, 2.05) is 13.8 Å². The van der Waals surface area contributed by atoms with Crippen LogP contribution in [-0.4, -0.2) is 40.9 Å². The number of nitrogens with zero attached hydrogens (tertiary/aromatic N) is 1. The molecule has 0 saturated heterocycles. The molecule has 0 fully saturated rings. The molecule has 2 amide bonds. The first kappa shape index (κ1) is 29.0. The number of ether oxygens (including phenoxy) is 2. The predicted octanol–water partition coefficient (Wildman–Crippen LogP) is 6.07. The fourth-order valence-corrected chi connectivity index (χ4v) is 5.58. The zero-order valence-corrected chi connectivity index (χ0v) is 24.2. The highest BCUT2D eigenvalue weighted by Crippen LogP contribution is 2.34. The summed E-state index contributed by atoms with van der Waals surface area (Å²) in [6.07, 6.45) is -0.627. The van der Waals surface area contributed by atoms with Crippen LogP contribution >= 0.6 is 22.7 Å². The van der Waals surface area contributed by atoms with Gasteiger partial charge in [-0.25, -0.2) is 14.6 Å². The number of carbonyl (C=O) groups excluding carboxylic acids is 4. The third-order valence-corrected chi connectivity index (χ3v) is 7.78. The monoisotopic (exact) mass is 557 g/mol. The number of pyridine rings is 1. The Labute approximate surface area is 229 Å². The molecule has 0 spiro atoms. The molecule has 202 valence electrons. The molecule has 2 N–H and O–H groups in total. The van der Waals surface area contributed by atoms with E-state index in [-0.39, 0.29) is 23.6 Å². The molecule has 0 atom stereocenters. The normalized spacial score (nSPS) is 11.0. The molecule has 9 nitrogen and oxygen atoms in total. The Morgan fingerprint density at radius 1 is 0.711 bits per heavy atom. The van der Waals surface area contributed by atoms with E-state index in [0.29, 0.717) is 21.1 Å². The van der Waals surface area contributed by atoms with Crippen LogP contribution in [0, 0.1) is 27.7 Å². The number of thiophene rings is 2. The lowest BCUT2D eigenvalue weighted by Gasteiger charge is -2.11. The van der Waals surface area contributed by atoms with Crippen molar-refractivity contribution in [3.05, 3.63) is 61.6 Å². The Morgan fingerprint density at radius 3 is 1.42 bits per heavy atom. The molecule has 0 aliphatic rings. The Balaban J connectivity index is 1.84. The first-order valence-electron chi connectivity index (χ1n) is 12.0. The van der Waals surface area contributed by atoms with Gasteiger partial charge < -0.3 is 20.1 Å². The van der Waals surface area contributed by atoms with Gasteiger partial charge in [-0.15, -0.1) is 22.7 Å². The van der Waals surface area contributed by atoms with Crippen LogP contribution in [0.2, 0.25) is 0 Å². The highest BCUT2D eigenvalue weighted by atomic mass is 32.1. The van der Waals surface area contributed by atoms with Crippen LogP contribution in [0.1, 0.15) is 90.3 Å². The van der Waals surface area contributed by atoms with Crippen molar-refractivity contribution in [3.8, 4) is 0 Å². The number of aromatic nitrogens is 1. The topological polar surface area (TPSA) is 124 Å². The van der Waals surface area contributed by atoms with Gasteiger partial charge in [-0.05, 0) is 78.6 Å². The van der Waals surface area contributed by atoms with Gasteiger partial charge >= 0.3 is 11.9 Å². The first-order valence-corrected chi connectivity index (χ1v) is 13.6. The standard InChI is InChI=1S/C27H31N3O6S2/c1-12(2)35-26(33)20-14(5)16(7)37-24(20)29-22(31)18-10-9-11-19(28-18)23(32)30-25-21(15(6)17(8)38-25)27(34)36-13(3)4/h9-13H,1-8H3,(H,29,31)(H,30,32). The lowest BCUT2D eigenvalue weighted by atomic mass is 10.1. The summed E-state index contributed by atoms with van der Waals surface area (Å²) in [6.45, 7) is 14.3. The van der Waals surface area contributed by atoms with Crippen molar-refractivity contribution in [2.45, 2.75) is 67.6 Å². The van der Waals surface area contributed by atoms with Gasteiger partial charge in [0, 0.05) is 9.75 Å². The fraction of sp³-hybridized carbons (Fsp3) is 0.370. The van der Waals surface area contributed by atoms with Crippen molar-refractivity contribution in [2.75, 3.05) is 10.6 Å². The van der Waals surface area contributed by atoms with E-state index in [1.54, 1.807) is 41.5 Å². The van der Waals surface area contributed by atoms with Crippen LogP contribution < -0.4 is 10.6 Å². The highest BCUT2D eigenvalue weighted by molar-refractivity contribution is 7.17. The summed E-state index contributed by atoms with van der Waals surface area (Å²) in [5, 5.41) is 6.18. The van der Waals surface area contributed by atoms with Gasteiger partial charge in [0.15, 0.2) is 0 Å². The van der Waals surface area contributed by atoms with E-state index in [1.165, 1.54) is 40.9 Å². The van der Waals surface area contributed by atoms with E-state index >= 15 is 0 Å². The SMILES string of the molecule is Cc1sc(NC(=O)c2cccc(C(=O)Nc3sc(C)c(C)c3C(=O)OC(C)C)n2)c(C(=O)OC(C)C)c1C. The van der Waals surface area contributed by atoms with Crippen molar-refractivity contribution < 1.29 is 28.7 Å². The quantitative estimate of drug-likeness (QED) is 0.322. The van der Waals surface area contributed by atoms with Crippen LogP contribution in [0.3, 0.4) is 0 Å². The predicted molar refractivity (Wildman–Crippen MR) is 149 cm³/mol. The number of hydrogen-bond donors (Lipinski definition) is 2. The van der Waals surface area contributed by atoms with Gasteiger partial charge in [0.05, 0.1) is 23.3 Å². The molecule has 0 saturated carbocycles. The van der Waals surface area contributed by atoms with Crippen molar-refractivity contribution in [3.63, 3.8) is 0 Å². The Kier molecular flexibility index (Phi) is 9.05. The number of rotatable bonds is 8. The summed E-state index contributed by atoms with van der Waals surface area (Å²) in [5.41, 5.74) is 2.03. The lowest BCUT2D eigenvalue weighted by molar-refractivity contribution is 0.0367. The molecule has 0 aromatic carbocycles. The minimum atomic E-state index is -0.580. The minimum Gasteiger partial charge on any atom is -0.459 e. The number of nitrogens with one attached hydrogen (secondary N) is 2. The average molecular weight is 558 g/mol. The van der Waals surface area contributed by atoms with E-state index in [2.05, 4.69) is 15.6 Å². The maximum Gasteiger partial charge on any atom is 0.341 e. The summed E-state index contributed by atoms with van der Waals surface area (Å²) in [4.78, 5) is 57.3. The molecular formula is C27H31N3O6S2. The molecule has 0 radical (unpaired) electrons. The number of amides is 2. The summed E-state index contributed by atoms with van der Waals surface area (Å²) < 4.78 is 10.7. The molecule has 0 bridgehead atoms. The van der Waals surface area contributed by atoms with Crippen molar-refractivity contribution in [1.29, 1.82) is 0 Å². The van der Waals surface area contributed by atoms with E-state index < -0.39 is 23.8 Å². The van der Waals surface area contributed by atoms with Crippen molar-refractivity contribution >= 4 is 56.4 Å². The third-order valence-electron chi connectivity index (χ3n) is 5.53. The molecule has 3 aromatic heterocycles. The molecular weight excluding hydrogens is 526 g/mol. The van der Waals surface area contributed by atoms with Gasteiger partial charge in [0.2, 0.25) is 0 Å². The number of anilines is 2. The molecule has 0 unspecified atom stereocenters. The molecule has 0 aliphatic heterocycles. The van der Waals surface area contributed by atoms with Gasteiger partial charge in [-0.3, -0.25) is 9.59 Å². The zero-order chi connectivity index (χ0) is 28.3. The first-order chi connectivity index (χ1) is 17.8.